The van der Waals surface area contributed by atoms with Gasteiger partial charge >= 0.3 is 5.97 Å². The van der Waals surface area contributed by atoms with Gasteiger partial charge in [-0.2, -0.15) is 4.98 Å². The summed E-state index contributed by atoms with van der Waals surface area (Å²) in [7, 11) is 0. The number of fused-ring (bicyclic) bond motifs is 1. The second-order valence-electron chi connectivity index (χ2n) is 8.32. The summed E-state index contributed by atoms with van der Waals surface area (Å²) in [5.74, 6) is 3.15. The molecule has 0 amide bonds. The maximum absolute atomic E-state index is 12.2. The van der Waals surface area contributed by atoms with Crippen LogP contribution in [0.2, 0.25) is 0 Å². The van der Waals surface area contributed by atoms with Gasteiger partial charge in [0.05, 0.1) is 11.8 Å². The Kier molecular flexibility index (Phi) is 3.57. The third-order valence-electron chi connectivity index (χ3n) is 6.58. The molecule has 0 spiro atoms. The molecule has 2 saturated carbocycles. The minimum Gasteiger partial charge on any atom is -0.462 e. The summed E-state index contributed by atoms with van der Waals surface area (Å²) >= 11 is 0. The van der Waals surface area contributed by atoms with Gasteiger partial charge in [-0.1, -0.05) is 22.9 Å². The van der Waals surface area contributed by atoms with Gasteiger partial charge in [-0.25, -0.2) is 0 Å². The fourth-order valence-electron chi connectivity index (χ4n) is 5.24. The van der Waals surface area contributed by atoms with Crippen molar-refractivity contribution in [3.63, 3.8) is 0 Å². The number of esters is 1. The molecular formula is C23H20N2O4. The molecule has 2 aromatic carbocycles. The lowest BCUT2D eigenvalue weighted by molar-refractivity contribution is -0.143. The molecule has 3 aromatic rings. The number of nitrogens with zero attached hydrogens (tertiary/aromatic N) is 2. The second kappa shape index (κ2) is 6.17. The maximum Gasteiger partial charge on any atom is 0.310 e. The molecule has 0 N–H and O–H groups in total. The molecule has 2 heterocycles. The summed E-state index contributed by atoms with van der Waals surface area (Å²) in [4.78, 5) is 16.9. The van der Waals surface area contributed by atoms with Crippen molar-refractivity contribution in [2.75, 3.05) is 0 Å². The number of carbonyl (C=O) groups excluding carboxylic acids is 1. The van der Waals surface area contributed by atoms with Crippen LogP contribution in [0, 0.1) is 24.7 Å². The molecule has 3 aliphatic rings. The van der Waals surface area contributed by atoms with Crippen LogP contribution in [0.5, 0.6) is 11.5 Å². The van der Waals surface area contributed by atoms with Crippen LogP contribution in [0.25, 0.3) is 11.4 Å². The molecule has 0 radical (unpaired) electrons. The predicted octanol–water partition coefficient (Wildman–Crippen LogP) is 4.50. The molecule has 2 bridgehead atoms. The first-order chi connectivity index (χ1) is 14.2. The highest BCUT2D eigenvalue weighted by Crippen LogP contribution is 2.61. The molecule has 3 fully saturated rings. The average Bonchev–Trinajstić information content (AvgIpc) is 3.46. The van der Waals surface area contributed by atoms with Crippen molar-refractivity contribution >= 4 is 5.97 Å². The SMILES string of the molecule is Cc1ccc(Oc2ccc(-c3noc([C@@H]4[C@@H]5C[C@@H]6[C@@H]4C(=O)O[C@H]6C5)n3)cc2)cc1. The van der Waals surface area contributed by atoms with Gasteiger partial charge in [0, 0.05) is 11.5 Å². The molecular weight excluding hydrogens is 368 g/mol. The van der Waals surface area contributed by atoms with Gasteiger partial charge in [0.1, 0.15) is 17.6 Å². The summed E-state index contributed by atoms with van der Waals surface area (Å²) < 4.78 is 17.0. The fourth-order valence-corrected chi connectivity index (χ4v) is 5.24. The molecule has 146 valence electrons. The quantitative estimate of drug-likeness (QED) is 0.613. The minimum absolute atomic E-state index is 0.00311. The molecule has 6 nitrogen and oxygen atoms in total. The third-order valence-corrected chi connectivity index (χ3v) is 6.58. The van der Waals surface area contributed by atoms with Crippen molar-refractivity contribution in [1.82, 2.24) is 10.1 Å². The van der Waals surface area contributed by atoms with Gasteiger partial charge in [0.25, 0.3) is 0 Å². The van der Waals surface area contributed by atoms with E-state index >= 15 is 0 Å². The highest BCUT2D eigenvalue weighted by molar-refractivity contribution is 5.78. The standard InChI is InChI=1S/C23H20N2O4/c1-12-2-6-15(7-3-12)27-16-8-4-13(5-9-16)21-24-22(29-25-21)19-14-10-17-18(11-14)28-23(26)20(17)19/h2-9,14,17-20H,10-11H2,1H3/t14-,17+,18+,19-,20+/m1/s1. The van der Waals surface area contributed by atoms with Crippen molar-refractivity contribution in [3.8, 4) is 22.9 Å². The van der Waals surface area contributed by atoms with Crippen LogP contribution in [0.4, 0.5) is 0 Å². The second-order valence-corrected chi connectivity index (χ2v) is 8.32. The minimum atomic E-state index is -0.114. The summed E-state index contributed by atoms with van der Waals surface area (Å²) in [6, 6.07) is 15.5. The van der Waals surface area contributed by atoms with E-state index in [1.54, 1.807) is 0 Å². The molecule has 29 heavy (non-hydrogen) atoms. The van der Waals surface area contributed by atoms with Crippen LogP contribution >= 0.6 is 0 Å². The fraction of sp³-hybridized carbons (Fsp3) is 0.348. The van der Waals surface area contributed by atoms with E-state index < -0.39 is 0 Å². The number of hydrogen-bond donors (Lipinski definition) is 0. The highest BCUT2D eigenvalue weighted by atomic mass is 16.6. The van der Waals surface area contributed by atoms with Gasteiger partial charge < -0.3 is 14.0 Å². The highest BCUT2D eigenvalue weighted by Gasteiger charge is 2.63. The van der Waals surface area contributed by atoms with Crippen LogP contribution in [0.15, 0.2) is 53.1 Å². The van der Waals surface area contributed by atoms with Crippen LogP contribution in [-0.2, 0) is 9.53 Å². The molecule has 1 aliphatic heterocycles. The van der Waals surface area contributed by atoms with Crippen molar-refractivity contribution in [1.29, 1.82) is 0 Å². The van der Waals surface area contributed by atoms with E-state index in [1.165, 1.54) is 5.56 Å². The monoisotopic (exact) mass is 388 g/mol. The van der Waals surface area contributed by atoms with E-state index in [0.29, 0.717) is 23.6 Å². The Morgan fingerprint density at radius 3 is 2.45 bits per heavy atom. The molecule has 6 heteroatoms. The topological polar surface area (TPSA) is 74.5 Å². The Morgan fingerprint density at radius 1 is 0.966 bits per heavy atom. The Morgan fingerprint density at radius 2 is 1.69 bits per heavy atom. The van der Waals surface area contributed by atoms with Gasteiger partial charge in [-0.05, 0) is 62.1 Å². The van der Waals surface area contributed by atoms with E-state index in [4.69, 9.17) is 14.0 Å². The normalized spacial score (nSPS) is 29.3. The predicted molar refractivity (Wildman–Crippen MR) is 103 cm³/mol. The zero-order valence-electron chi connectivity index (χ0n) is 15.9. The molecule has 1 saturated heterocycles. The lowest BCUT2D eigenvalue weighted by Crippen LogP contribution is -2.24. The van der Waals surface area contributed by atoms with Gasteiger partial charge in [-0.15, -0.1) is 0 Å². The van der Waals surface area contributed by atoms with E-state index in [0.717, 1.165) is 29.9 Å². The van der Waals surface area contributed by atoms with E-state index in [-0.39, 0.29) is 23.9 Å². The number of hydrogen-bond acceptors (Lipinski definition) is 6. The van der Waals surface area contributed by atoms with Crippen molar-refractivity contribution in [2.45, 2.75) is 31.8 Å². The first-order valence-electron chi connectivity index (χ1n) is 10.0. The summed E-state index contributed by atoms with van der Waals surface area (Å²) in [5.41, 5.74) is 2.05. The number of benzene rings is 2. The number of aromatic nitrogens is 2. The molecule has 5 atom stereocenters. The zero-order valence-corrected chi connectivity index (χ0v) is 15.9. The van der Waals surface area contributed by atoms with E-state index in [1.807, 2.05) is 55.5 Å². The zero-order chi connectivity index (χ0) is 19.5. The van der Waals surface area contributed by atoms with Crippen LogP contribution in [0.1, 0.15) is 30.2 Å². The number of aryl methyl sites for hydroxylation is 1. The number of ether oxygens (including phenoxy) is 2. The molecule has 6 rings (SSSR count). The Labute approximate surface area is 167 Å². The van der Waals surface area contributed by atoms with Crippen LogP contribution in [0.3, 0.4) is 0 Å². The lowest BCUT2D eigenvalue weighted by Gasteiger charge is -2.20. The molecule has 1 aromatic heterocycles. The van der Waals surface area contributed by atoms with Crippen molar-refractivity contribution < 1.29 is 18.8 Å². The van der Waals surface area contributed by atoms with Crippen LogP contribution < -0.4 is 4.74 Å². The number of carbonyl (C=O) groups is 1. The first-order valence-corrected chi connectivity index (χ1v) is 10.0. The Hall–Kier alpha value is -3.15. The average molecular weight is 388 g/mol. The van der Waals surface area contributed by atoms with Gasteiger partial charge in [-0.3, -0.25) is 4.79 Å². The van der Waals surface area contributed by atoms with E-state index in [2.05, 4.69) is 10.1 Å². The van der Waals surface area contributed by atoms with Crippen molar-refractivity contribution in [2.24, 2.45) is 17.8 Å². The molecule has 0 unspecified atom stereocenters. The van der Waals surface area contributed by atoms with Crippen molar-refractivity contribution in [3.05, 3.63) is 60.0 Å². The number of rotatable bonds is 4. The Balaban J connectivity index is 1.21. The summed E-state index contributed by atoms with van der Waals surface area (Å²) in [6.07, 6.45) is 2.05. The lowest BCUT2D eigenvalue weighted by atomic mass is 9.80. The summed E-state index contributed by atoms with van der Waals surface area (Å²) in [6.45, 7) is 2.04. The van der Waals surface area contributed by atoms with Crippen LogP contribution in [-0.4, -0.2) is 22.2 Å². The summed E-state index contributed by atoms with van der Waals surface area (Å²) in [5, 5.41) is 4.17. The first kappa shape index (κ1) is 16.8. The van der Waals surface area contributed by atoms with Gasteiger partial charge in [0.15, 0.2) is 0 Å². The molecule has 2 aliphatic carbocycles. The Bertz CT molecular complexity index is 1070. The maximum atomic E-state index is 12.2. The smallest absolute Gasteiger partial charge is 0.310 e. The third kappa shape index (κ3) is 2.66. The van der Waals surface area contributed by atoms with E-state index in [9.17, 15) is 4.79 Å². The largest absolute Gasteiger partial charge is 0.462 e. The van der Waals surface area contributed by atoms with Gasteiger partial charge in [0.2, 0.25) is 11.7 Å².